The molecule has 0 N–H and O–H groups in total. The molecule has 2 heterocycles. The normalized spacial score (nSPS) is 23.1. The highest BCUT2D eigenvalue weighted by atomic mass is 32.2. The van der Waals surface area contributed by atoms with E-state index >= 15 is 0 Å². The minimum Gasteiger partial charge on any atom is -0.339 e. The van der Waals surface area contributed by atoms with Gasteiger partial charge in [-0.3, -0.25) is 9.69 Å². The van der Waals surface area contributed by atoms with Gasteiger partial charge in [0.15, 0.2) is 0 Å². The van der Waals surface area contributed by atoms with E-state index in [2.05, 4.69) is 11.8 Å². The summed E-state index contributed by atoms with van der Waals surface area (Å²) >= 11 is 0. The fraction of sp³-hybridized carbons (Fsp3) is 0.632. The quantitative estimate of drug-likeness (QED) is 0.782. The molecule has 2 fully saturated rings. The lowest BCUT2D eigenvalue weighted by molar-refractivity contribution is -0.138. The lowest BCUT2D eigenvalue weighted by atomic mass is 10.0. The van der Waals surface area contributed by atoms with Gasteiger partial charge in [0.1, 0.15) is 6.04 Å². The van der Waals surface area contributed by atoms with Crippen LogP contribution in [0.4, 0.5) is 0 Å². The fourth-order valence-electron chi connectivity index (χ4n) is 3.89. The molecule has 1 unspecified atom stereocenters. The molecule has 1 aromatic rings. The third kappa shape index (κ3) is 4.10. The van der Waals surface area contributed by atoms with Crippen molar-refractivity contribution in [3.05, 3.63) is 30.3 Å². The number of sulfonamides is 1. The van der Waals surface area contributed by atoms with Gasteiger partial charge in [-0.1, -0.05) is 31.5 Å². The van der Waals surface area contributed by atoms with Crippen LogP contribution in [0.15, 0.2) is 35.2 Å². The maximum Gasteiger partial charge on any atom is 0.243 e. The van der Waals surface area contributed by atoms with Gasteiger partial charge in [0.25, 0.3) is 0 Å². The van der Waals surface area contributed by atoms with E-state index in [-0.39, 0.29) is 10.8 Å². The van der Waals surface area contributed by atoms with E-state index in [1.807, 2.05) is 4.90 Å². The number of benzene rings is 1. The highest BCUT2D eigenvalue weighted by Crippen LogP contribution is 2.26. The first-order chi connectivity index (χ1) is 12.5. The molecule has 1 amide bonds. The summed E-state index contributed by atoms with van der Waals surface area (Å²) in [5.74, 6) is -0.0274. The largest absolute Gasteiger partial charge is 0.339 e. The number of rotatable bonds is 5. The Labute approximate surface area is 156 Å². The van der Waals surface area contributed by atoms with Gasteiger partial charge in [-0.15, -0.1) is 0 Å². The molecule has 0 bridgehead atoms. The van der Waals surface area contributed by atoms with Crippen molar-refractivity contribution >= 4 is 15.9 Å². The SMILES string of the molecule is CCCN1CCN(C(=O)C2CCCCN2S(=O)(=O)c2ccccc2)CC1. The molecule has 1 aromatic carbocycles. The first-order valence-electron chi connectivity index (χ1n) is 9.62. The van der Waals surface area contributed by atoms with Crippen LogP contribution in [0.1, 0.15) is 32.6 Å². The Hall–Kier alpha value is -1.44. The van der Waals surface area contributed by atoms with Crippen LogP contribution < -0.4 is 0 Å². The second-order valence-electron chi connectivity index (χ2n) is 7.11. The zero-order chi connectivity index (χ0) is 18.6. The maximum atomic E-state index is 13.1. The molecule has 26 heavy (non-hydrogen) atoms. The van der Waals surface area contributed by atoms with E-state index in [0.717, 1.165) is 38.9 Å². The summed E-state index contributed by atoms with van der Waals surface area (Å²) < 4.78 is 27.6. The fourth-order valence-corrected chi connectivity index (χ4v) is 5.56. The molecule has 0 saturated carbocycles. The van der Waals surface area contributed by atoms with E-state index in [9.17, 15) is 13.2 Å². The summed E-state index contributed by atoms with van der Waals surface area (Å²) in [6.45, 7) is 6.76. The third-order valence-corrected chi connectivity index (χ3v) is 7.23. The maximum absolute atomic E-state index is 13.1. The van der Waals surface area contributed by atoms with Crippen molar-refractivity contribution in [2.75, 3.05) is 39.3 Å². The van der Waals surface area contributed by atoms with E-state index in [4.69, 9.17) is 0 Å². The van der Waals surface area contributed by atoms with Gasteiger partial charge < -0.3 is 4.90 Å². The minimum absolute atomic E-state index is 0.0274. The summed E-state index contributed by atoms with van der Waals surface area (Å²) in [5.41, 5.74) is 0. The Morgan fingerprint density at radius 1 is 1.04 bits per heavy atom. The topological polar surface area (TPSA) is 60.9 Å². The number of piperidine rings is 1. The zero-order valence-electron chi connectivity index (χ0n) is 15.5. The number of hydrogen-bond donors (Lipinski definition) is 0. The van der Waals surface area contributed by atoms with Crippen LogP contribution >= 0.6 is 0 Å². The van der Waals surface area contributed by atoms with Crippen molar-refractivity contribution in [2.24, 2.45) is 0 Å². The average Bonchev–Trinajstić information content (AvgIpc) is 2.69. The number of hydrogen-bond acceptors (Lipinski definition) is 4. The molecule has 3 rings (SSSR count). The molecule has 7 heteroatoms. The standard InChI is InChI=1S/C19H29N3O3S/c1-2-11-20-13-15-21(16-14-20)19(23)18-10-6-7-12-22(18)26(24,25)17-8-4-3-5-9-17/h3-5,8-9,18H,2,6-7,10-16H2,1H3. The highest BCUT2D eigenvalue weighted by Gasteiger charge is 2.39. The molecule has 6 nitrogen and oxygen atoms in total. The Balaban J connectivity index is 1.74. The predicted molar refractivity (Wildman–Crippen MR) is 101 cm³/mol. The number of carbonyl (C=O) groups is 1. The summed E-state index contributed by atoms with van der Waals surface area (Å²) in [4.78, 5) is 17.6. The van der Waals surface area contributed by atoms with Crippen LogP contribution in [0.25, 0.3) is 0 Å². The molecule has 0 aliphatic carbocycles. The Morgan fingerprint density at radius 3 is 2.38 bits per heavy atom. The lowest BCUT2D eigenvalue weighted by Gasteiger charge is -2.40. The van der Waals surface area contributed by atoms with E-state index in [0.29, 0.717) is 26.1 Å². The molecule has 2 aliphatic rings. The summed E-state index contributed by atoms with van der Waals surface area (Å²) in [7, 11) is -3.64. The van der Waals surface area contributed by atoms with Crippen molar-refractivity contribution < 1.29 is 13.2 Å². The van der Waals surface area contributed by atoms with Crippen molar-refractivity contribution in [3.8, 4) is 0 Å². The van der Waals surface area contributed by atoms with Crippen LogP contribution in [-0.4, -0.2) is 73.7 Å². The van der Waals surface area contributed by atoms with Crippen molar-refractivity contribution in [3.63, 3.8) is 0 Å². The molecule has 2 aliphatic heterocycles. The van der Waals surface area contributed by atoms with Gasteiger partial charge in [-0.05, 0) is 37.9 Å². The van der Waals surface area contributed by atoms with Crippen molar-refractivity contribution in [1.82, 2.24) is 14.1 Å². The smallest absolute Gasteiger partial charge is 0.243 e. The molecule has 0 aromatic heterocycles. The molecule has 2 saturated heterocycles. The monoisotopic (exact) mass is 379 g/mol. The zero-order valence-corrected chi connectivity index (χ0v) is 16.3. The first kappa shape index (κ1) is 19.3. The molecule has 0 radical (unpaired) electrons. The van der Waals surface area contributed by atoms with Crippen molar-refractivity contribution in [2.45, 2.75) is 43.5 Å². The minimum atomic E-state index is -3.64. The van der Waals surface area contributed by atoms with E-state index < -0.39 is 16.1 Å². The van der Waals surface area contributed by atoms with Gasteiger partial charge in [0.05, 0.1) is 4.90 Å². The third-order valence-electron chi connectivity index (χ3n) is 5.31. The van der Waals surface area contributed by atoms with Crippen molar-refractivity contribution in [1.29, 1.82) is 0 Å². The Morgan fingerprint density at radius 2 is 1.73 bits per heavy atom. The number of carbonyl (C=O) groups excluding carboxylic acids is 1. The summed E-state index contributed by atoms with van der Waals surface area (Å²) in [6, 6.07) is 7.89. The number of amides is 1. The second-order valence-corrected chi connectivity index (χ2v) is 9.00. The van der Waals surface area contributed by atoms with Gasteiger partial charge >= 0.3 is 0 Å². The van der Waals surface area contributed by atoms with Crippen LogP contribution in [0.2, 0.25) is 0 Å². The van der Waals surface area contributed by atoms with Gasteiger partial charge in [0, 0.05) is 32.7 Å². The van der Waals surface area contributed by atoms with Gasteiger partial charge in [-0.25, -0.2) is 8.42 Å². The summed E-state index contributed by atoms with van der Waals surface area (Å²) in [5, 5.41) is 0. The Kier molecular flexibility index (Phi) is 6.32. The lowest BCUT2D eigenvalue weighted by Crippen LogP contribution is -2.57. The number of nitrogens with zero attached hydrogens (tertiary/aromatic N) is 3. The second kappa shape index (κ2) is 8.50. The predicted octanol–water partition coefficient (Wildman–Crippen LogP) is 1.78. The Bertz CT molecular complexity index is 700. The van der Waals surface area contributed by atoms with Crippen LogP contribution in [0.5, 0.6) is 0 Å². The molecule has 1 atom stereocenters. The van der Waals surface area contributed by atoms with E-state index in [1.54, 1.807) is 30.3 Å². The highest BCUT2D eigenvalue weighted by molar-refractivity contribution is 7.89. The molecule has 144 valence electrons. The molecule has 0 spiro atoms. The first-order valence-corrected chi connectivity index (χ1v) is 11.1. The molecular formula is C19H29N3O3S. The van der Waals surface area contributed by atoms with Crippen LogP contribution in [0, 0.1) is 0 Å². The average molecular weight is 380 g/mol. The van der Waals surface area contributed by atoms with Gasteiger partial charge in [-0.2, -0.15) is 4.31 Å². The number of piperazine rings is 1. The van der Waals surface area contributed by atoms with Crippen LogP contribution in [0.3, 0.4) is 0 Å². The van der Waals surface area contributed by atoms with Crippen LogP contribution in [-0.2, 0) is 14.8 Å². The van der Waals surface area contributed by atoms with E-state index in [1.165, 1.54) is 4.31 Å². The molecular weight excluding hydrogens is 350 g/mol. The summed E-state index contributed by atoms with van der Waals surface area (Å²) in [6.07, 6.45) is 3.42. The van der Waals surface area contributed by atoms with Gasteiger partial charge in [0.2, 0.25) is 15.9 Å².